The van der Waals surface area contributed by atoms with Gasteiger partial charge in [0.2, 0.25) is 5.88 Å². The van der Waals surface area contributed by atoms with E-state index in [4.69, 9.17) is 28.7 Å². The molecule has 0 spiro atoms. The average molecular weight is 513 g/mol. The molecule has 1 fully saturated rings. The van der Waals surface area contributed by atoms with Crippen molar-refractivity contribution in [1.82, 2.24) is 9.55 Å². The van der Waals surface area contributed by atoms with Gasteiger partial charge in [0.1, 0.15) is 12.8 Å². The van der Waals surface area contributed by atoms with Crippen LogP contribution in [0.25, 0.3) is 11.0 Å². The van der Waals surface area contributed by atoms with Crippen LogP contribution in [0.4, 0.5) is 0 Å². The third kappa shape index (κ3) is 8.54. The Bertz CT molecular complexity index is 1030. The maximum atomic E-state index is 6.09. The number of hydrogen-bond donors (Lipinski definition) is 0. The van der Waals surface area contributed by atoms with Gasteiger partial charge in [0.15, 0.2) is 0 Å². The largest absolute Gasteiger partial charge is 0.475 e. The van der Waals surface area contributed by atoms with Gasteiger partial charge in [0.25, 0.3) is 0 Å². The molecule has 1 saturated heterocycles. The molecule has 204 valence electrons. The van der Waals surface area contributed by atoms with Crippen molar-refractivity contribution in [2.24, 2.45) is 0 Å². The van der Waals surface area contributed by atoms with Crippen LogP contribution in [-0.2, 0) is 32.0 Å². The number of ether oxygens (including phenoxy) is 5. The molecule has 0 aliphatic carbocycles. The van der Waals surface area contributed by atoms with E-state index in [2.05, 4.69) is 36.6 Å². The standard InChI is InChI=1S/C28H38N2O5.C2H6/c1-3-24-22(2)28-25(30(24)27-11-7-8-14-35-27)12-13-26(29-28)34-20-19-32-16-15-31-17-18-33-21-23-9-5-4-6-10-23;1-2/h4-6,9-10,12-13,27H,3,7-8,11,14-21H2,1-2H3;1-2H3. The second-order valence-corrected chi connectivity index (χ2v) is 8.75. The van der Waals surface area contributed by atoms with Crippen molar-refractivity contribution >= 4 is 11.0 Å². The van der Waals surface area contributed by atoms with Gasteiger partial charge in [-0.05, 0) is 49.8 Å². The van der Waals surface area contributed by atoms with Gasteiger partial charge in [0.05, 0.1) is 50.7 Å². The molecule has 0 saturated carbocycles. The molecule has 0 N–H and O–H groups in total. The molecule has 7 nitrogen and oxygen atoms in total. The summed E-state index contributed by atoms with van der Waals surface area (Å²) >= 11 is 0. The molecule has 2 aromatic heterocycles. The van der Waals surface area contributed by atoms with Gasteiger partial charge in [-0.1, -0.05) is 51.1 Å². The number of aryl methyl sites for hydroxylation is 1. The molecule has 1 atom stereocenters. The Morgan fingerprint density at radius 3 is 2.27 bits per heavy atom. The maximum Gasteiger partial charge on any atom is 0.213 e. The lowest BCUT2D eigenvalue weighted by Gasteiger charge is -2.26. The topological polar surface area (TPSA) is 64.0 Å². The highest BCUT2D eigenvalue weighted by atomic mass is 16.6. The molecule has 0 bridgehead atoms. The van der Waals surface area contributed by atoms with E-state index in [1.54, 1.807) is 0 Å². The van der Waals surface area contributed by atoms with E-state index in [9.17, 15) is 0 Å². The number of pyridine rings is 1. The fraction of sp³-hybridized carbons (Fsp3) is 0.567. The zero-order valence-corrected chi connectivity index (χ0v) is 23.0. The van der Waals surface area contributed by atoms with Crippen LogP contribution in [0.1, 0.15) is 63.1 Å². The molecule has 4 rings (SSSR count). The second kappa shape index (κ2) is 16.4. The summed E-state index contributed by atoms with van der Waals surface area (Å²) in [5.41, 5.74) is 5.80. The lowest BCUT2D eigenvalue weighted by Crippen LogP contribution is -2.19. The van der Waals surface area contributed by atoms with Crippen LogP contribution in [0.3, 0.4) is 0 Å². The summed E-state index contributed by atoms with van der Waals surface area (Å²) in [6.45, 7) is 12.9. The summed E-state index contributed by atoms with van der Waals surface area (Å²) < 4.78 is 31.1. The molecule has 1 aliphatic heterocycles. The van der Waals surface area contributed by atoms with Crippen LogP contribution in [0.15, 0.2) is 42.5 Å². The van der Waals surface area contributed by atoms with Gasteiger partial charge in [-0.25, -0.2) is 4.98 Å². The number of fused-ring (bicyclic) bond motifs is 1. The van der Waals surface area contributed by atoms with E-state index in [0.29, 0.717) is 52.1 Å². The van der Waals surface area contributed by atoms with Crippen molar-refractivity contribution in [2.75, 3.05) is 46.2 Å². The number of benzene rings is 1. The first-order chi connectivity index (χ1) is 18.3. The van der Waals surface area contributed by atoms with Gasteiger partial charge >= 0.3 is 0 Å². The zero-order valence-electron chi connectivity index (χ0n) is 23.0. The average Bonchev–Trinajstić information content (AvgIpc) is 3.24. The quantitative estimate of drug-likeness (QED) is 0.238. The number of hydrogen-bond acceptors (Lipinski definition) is 6. The highest BCUT2D eigenvalue weighted by Crippen LogP contribution is 2.33. The summed E-state index contributed by atoms with van der Waals surface area (Å²) in [5, 5.41) is 0. The molecular weight excluding hydrogens is 468 g/mol. The van der Waals surface area contributed by atoms with Crippen LogP contribution >= 0.6 is 0 Å². The highest BCUT2D eigenvalue weighted by molar-refractivity contribution is 5.82. The first-order valence-corrected chi connectivity index (χ1v) is 13.8. The Hall–Kier alpha value is -2.45. The van der Waals surface area contributed by atoms with Gasteiger partial charge in [0, 0.05) is 18.4 Å². The van der Waals surface area contributed by atoms with E-state index >= 15 is 0 Å². The lowest BCUT2D eigenvalue weighted by molar-refractivity contribution is -0.0306. The second-order valence-electron chi connectivity index (χ2n) is 8.75. The molecule has 0 amide bonds. The zero-order chi connectivity index (χ0) is 26.3. The third-order valence-corrected chi connectivity index (χ3v) is 6.30. The minimum atomic E-state index is 0.106. The Morgan fingerprint density at radius 1 is 0.892 bits per heavy atom. The van der Waals surface area contributed by atoms with Crippen molar-refractivity contribution in [2.45, 2.75) is 66.2 Å². The Kier molecular flexibility index (Phi) is 12.9. The number of rotatable bonds is 14. The van der Waals surface area contributed by atoms with E-state index in [1.807, 2.05) is 38.1 Å². The van der Waals surface area contributed by atoms with E-state index in [0.717, 1.165) is 36.9 Å². The maximum absolute atomic E-state index is 6.09. The third-order valence-electron chi connectivity index (χ3n) is 6.30. The fourth-order valence-electron chi connectivity index (χ4n) is 4.55. The molecule has 0 radical (unpaired) electrons. The Morgan fingerprint density at radius 2 is 1.59 bits per heavy atom. The summed E-state index contributed by atoms with van der Waals surface area (Å²) in [7, 11) is 0. The summed E-state index contributed by atoms with van der Waals surface area (Å²) in [5.74, 6) is 0.625. The molecule has 7 heteroatoms. The first kappa shape index (κ1) is 29.1. The first-order valence-electron chi connectivity index (χ1n) is 13.8. The number of nitrogens with zero attached hydrogens (tertiary/aromatic N) is 2. The highest BCUT2D eigenvalue weighted by Gasteiger charge is 2.23. The van der Waals surface area contributed by atoms with Gasteiger partial charge in [-0.15, -0.1) is 0 Å². The smallest absolute Gasteiger partial charge is 0.213 e. The molecule has 37 heavy (non-hydrogen) atoms. The van der Waals surface area contributed by atoms with Crippen LogP contribution in [0, 0.1) is 6.92 Å². The van der Waals surface area contributed by atoms with E-state index in [-0.39, 0.29) is 6.23 Å². The van der Waals surface area contributed by atoms with Crippen LogP contribution in [-0.4, -0.2) is 55.8 Å². The lowest BCUT2D eigenvalue weighted by atomic mass is 10.1. The summed E-state index contributed by atoms with van der Waals surface area (Å²) in [6, 6.07) is 14.2. The van der Waals surface area contributed by atoms with Crippen molar-refractivity contribution in [1.29, 1.82) is 0 Å². The Labute approximate surface area is 222 Å². The predicted octanol–water partition coefficient (Wildman–Crippen LogP) is 6.26. The van der Waals surface area contributed by atoms with Crippen LogP contribution in [0.5, 0.6) is 5.88 Å². The van der Waals surface area contributed by atoms with E-state index in [1.165, 1.54) is 23.2 Å². The van der Waals surface area contributed by atoms with Crippen molar-refractivity contribution < 1.29 is 23.7 Å². The minimum absolute atomic E-state index is 0.106. The summed E-state index contributed by atoms with van der Waals surface area (Å²) in [6.07, 6.45) is 4.45. The van der Waals surface area contributed by atoms with Gasteiger partial charge in [-0.2, -0.15) is 0 Å². The van der Waals surface area contributed by atoms with Gasteiger partial charge < -0.3 is 28.3 Å². The number of aromatic nitrogens is 2. The summed E-state index contributed by atoms with van der Waals surface area (Å²) in [4.78, 5) is 4.80. The van der Waals surface area contributed by atoms with E-state index < -0.39 is 0 Å². The molecular formula is C30H44N2O5. The van der Waals surface area contributed by atoms with Crippen LogP contribution in [0.2, 0.25) is 0 Å². The monoisotopic (exact) mass is 512 g/mol. The Balaban J connectivity index is 0.00000186. The van der Waals surface area contributed by atoms with Crippen molar-refractivity contribution in [3.05, 3.63) is 59.3 Å². The van der Waals surface area contributed by atoms with Crippen molar-refractivity contribution in [3.63, 3.8) is 0 Å². The molecule has 1 aromatic carbocycles. The SMILES string of the molecule is CC.CCc1c(C)c2nc(OCCOCCOCCOCc3ccccc3)ccc2n1C1CCCCO1. The fourth-order valence-corrected chi connectivity index (χ4v) is 4.55. The van der Waals surface area contributed by atoms with Gasteiger partial charge in [-0.3, -0.25) is 0 Å². The van der Waals surface area contributed by atoms with Crippen LogP contribution < -0.4 is 4.74 Å². The molecule has 1 unspecified atom stereocenters. The molecule has 3 heterocycles. The molecule has 3 aromatic rings. The normalized spacial score (nSPS) is 15.4. The minimum Gasteiger partial charge on any atom is -0.475 e. The van der Waals surface area contributed by atoms with Crippen molar-refractivity contribution in [3.8, 4) is 5.88 Å². The molecule has 1 aliphatic rings. The predicted molar refractivity (Wildman–Crippen MR) is 147 cm³/mol.